The molecule has 0 atom stereocenters. The van der Waals surface area contributed by atoms with E-state index in [1.807, 2.05) is 6.07 Å². The fourth-order valence-corrected chi connectivity index (χ4v) is 1.04. The van der Waals surface area contributed by atoms with Crippen LogP contribution in [0.4, 0.5) is 0 Å². The van der Waals surface area contributed by atoms with Gasteiger partial charge in [0.25, 0.3) is 0 Å². The number of halogens is 1. The van der Waals surface area contributed by atoms with Crippen molar-refractivity contribution in [3.63, 3.8) is 0 Å². The third kappa shape index (κ3) is 2.39. The van der Waals surface area contributed by atoms with Crippen molar-refractivity contribution in [2.75, 3.05) is 13.0 Å². The van der Waals surface area contributed by atoms with Crippen molar-refractivity contribution in [1.82, 2.24) is 4.98 Å². The minimum Gasteiger partial charge on any atom is -0.495 e. The fraction of sp³-hybridized carbons (Fsp3) is 0.375. The Hall–Kier alpha value is -0.760. The van der Waals surface area contributed by atoms with E-state index in [0.717, 1.165) is 17.7 Å². The van der Waals surface area contributed by atoms with Gasteiger partial charge in [-0.1, -0.05) is 0 Å². The van der Waals surface area contributed by atoms with Crippen molar-refractivity contribution in [3.05, 3.63) is 24.0 Å². The standard InChI is InChI=1S/C8H10ClNO/c1-11-8-4-7(2-3-9)5-10-6-8/h4-6H,2-3H2,1H3. The van der Waals surface area contributed by atoms with Gasteiger partial charge >= 0.3 is 0 Å². The smallest absolute Gasteiger partial charge is 0.137 e. The number of rotatable bonds is 3. The topological polar surface area (TPSA) is 22.1 Å². The molecule has 1 aromatic rings. The highest BCUT2D eigenvalue weighted by atomic mass is 35.5. The number of ether oxygens (including phenoxy) is 1. The highest BCUT2D eigenvalue weighted by molar-refractivity contribution is 6.17. The SMILES string of the molecule is COc1cncc(CCCl)c1. The molecule has 0 bridgehead atoms. The quantitative estimate of drug-likeness (QED) is 0.648. The van der Waals surface area contributed by atoms with Crippen LogP contribution in [0.2, 0.25) is 0 Å². The molecule has 1 aromatic heterocycles. The second-order valence-electron chi connectivity index (χ2n) is 2.17. The second-order valence-corrected chi connectivity index (χ2v) is 2.55. The number of hydrogen-bond donors (Lipinski definition) is 0. The third-order valence-corrected chi connectivity index (χ3v) is 1.58. The Bertz CT molecular complexity index is 227. The minimum absolute atomic E-state index is 0.620. The Morgan fingerprint density at radius 2 is 2.36 bits per heavy atom. The second kappa shape index (κ2) is 4.19. The number of nitrogens with zero attached hydrogens (tertiary/aromatic N) is 1. The van der Waals surface area contributed by atoms with Crippen molar-refractivity contribution >= 4 is 11.6 Å². The van der Waals surface area contributed by atoms with Crippen LogP contribution in [-0.4, -0.2) is 18.0 Å². The van der Waals surface area contributed by atoms with Crippen LogP contribution in [0, 0.1) is 0 Å². The largest absolute Gasteiger partial charge is 0.495 e. The maximum atomic E-state index is 5.56. The lowest BCUT2D eigenvalue weighted by Gasteiger charge is -2.00. The van der Waals surface area contributed by atoms with E-state index in [4.69, 9.17) is 16.3 Å². The third-order valence-electron chi connectivity index (χ3n) is 1.39. The molecule has 0 saturated heterocycles. The van der Waals surface area contributed by atoms with E-state index < -0.39 is 0 Å². The highest BCUT2D eigenvalue weighted by Gasteiger charge is 1.94. The van der Waals surface area contributed by atoms with Gasteiger partial charge < -0.3 is 4.74 Å². The molecule has 0 aromatic carbocycles. The van der Waals surface area contributed by atoms with Crippen LogP contribution >= 0.6 is 11.6 Å². The lowest BCUT2D eigenvalue weighted by atomic mass is 10.2. The molecule has 1 rings (SSSR count). The summed E-state index contributed by atoms with van der Waals surface area (Å²) in [6.07, 6.45) is 4.31. The average molecular weight is 172 g/mol. The van der Waals surface area contributed by atoms with E-state index in [9.17, 15) is 0 Å². The molecule has 11 heavy (non-hydrogen) atoms. The van der Waals surface area contributed by atoms with Gasteiger partial charge in [0.2, 0.25) is 0 Å². The first-order valence-electron chi connectivity index (χ1n) is 3.40. The zero-order valence-corrected chi connectivity index (χ0v) is 7.14. The molecule has 1 heterocycles. The predicted molar refractivity (Wildman–Crippen MR) is 45.2 cm³/mol. The molecule has 0 spiro atoms. The van der Waals surface area contributed by atoms with Gasteiger partial charge in [-0.05, 0) is 18.1 Å². The lowest BCUT2D eigenvalue weighted by molar-refractivity contribution is 0.412. The van der Waals surface area contributed by atoms with Gasteiger partial charge in [-0.25, -0.2) is 0 Å². The summed E-state index contributed by atoms with van der Waals surface area (Å²) in [4.78, 5) is 3.99. The fourth-order valence-electron chi connectivity index (χ4n) is 0.821. The van der Waals surface area contributed by atoms with Crippen LogP contribution in [-0.2, 0) is 6.42 Å². The van der Waals surface area contributed by atoms with Gasteiger partial charge in [-0.2, -0.15) is 0 Å². The van der Waals surface area contributed by atoms with Crippen LogP contribution in [0.3, 0.4) is 0 Å². The summed E-state index contributed by atoms with van der Waals surface area (Å²) in [6.45, 7) is 0. The molecule has 0 N–H and O–H groups in total. The van der Waals surface area contributed by atoms with E-state index in [-0.39, 0.29) is 0 Å². The number of methoxy groups -OCH3 is 1. The van der Waals surface area contributed by atoms with Gasteiger partial charge in [0.15, 0.2) is 0 Å². The average Bonchev–Trinajstić information content (AvgIpc) is 2.06. The first kappa shape index (κ1) is 8.34. The minimum atomic E-state index is 0.620. The molecule has 0 fully saturated rings. The molecule has 2 nitrogen and oxygen atoms in total. The molecule has 0 aliphatic rings. The van der Waals surface area contributed by atoms with E-state index in [1.165, 1.54) is 0 Å². The maximum absolute atomic E-state index is 5.56. The summed E-state index contributed by atoms with van der Waals surface area (Å²) in [6, 6.07) is 1.94. The van der Waals surface area contributed by atoms with E-state index in [0.29, 0.717) is 5.88 Å². The lowest BCUT2D eigenvalue weighted by Crippen LogP contribution is -1.90. The van der Waals surface area contributed by atoms with E-state index in [2.05, 4.69) is 4.98 Å². The van der Waals surface area contributed by atoms with Gasteiger partial charge in [0.1, 0.15) is 5.75 Å². The number of pyridine rings is 1. The first-order valence-corrected chi connectivity index (χ1v) is 3.94. The summed E-state index contributed by atoms with van der Waals surface area (Å²) in [5.41, 5.74) is 1.11. The van der Waals surface area contributed by atoms with Crippen LogP contribution < -0.4 is 4.74 Å². The summed E-state index contributed by atoms with van der Waals surface area (Å²) < 4.78 is 5.00. The van der Waals surface area contributed by atoms with Crippen molar-refractivity contribution in [2.45, 2.75) is 6.42 Å². The highest BCUT2D eigenvalue weighted by Crippen LogP contribution is 2.10. The van der Waals surface area contributed by atoms with Crippen molar-refractivity contribution < 1.29 is 4.74 Å². The summed E-state index contributed by atoms with van der Waals surface area (Å²) in [5.74, 6) is 1.40. The summed E-state index contributed by atoms with van der Waals surface area (Å²) in [5, 5.41) is 0. The molecule has 0 aliphatic carbocycles. The normalized spacial score (nSPS) is 9.64. The number of alkyl halides is 1. The molecule has 0 amide bonds. The molecule has 60 valence electrons. The van der Waals surface area contributed by atoms with Crippen LogP contribution in [0.15, 0.2) is 18.5 Å². The van der Waals surface area contributed by atoms with E-state index in [1.54, 1.807) is 19.5 Å². The first-order chi connectivity index (χ1) is 5.36. The van der Waals surface area contributed by atoms with Crippen LogP contribution in [0.5, 0.6) is 5.75 Å². The number of hydrogen-bond acceptors (Lipinski definition) is 2. The molecule has 0 saturated carbocycles. The van der Waals surface area contributed by atoms with E-state index >= 15 is 0 Å². The van der Waals surface area contributed by atoms with Gasteiger partial charge in [-0.3, -0.25) is 4.98 Å². The van der Waals surface area contributed by atoms with Crippen LogP contribution in [0.1, 0.15) is 5.56 Å². The zero-order valence-electron chi connectivity index (χ0n) is 6.38. The molecule has 0 unspecified atom stereocenters. The Balaban J connectivity index is 2.74. The monoisotopic (exact) mass is 171 g/mol. The van der Waals surface area contributed by atoms with Crippen molar-refractivity contribution in [3.8, 4) is 5.75 Å². The molecule has 3 heteroatoms. The Kier molecular flexibility index (Phi) is 3.17. The zero-order chi connectivity index (χ0) is 8.10. The Labute approximate surface area is 71.2 Å². The number of aromatic nitrogens is 1. The molecule has 0 aliphatic heterocycles. The number of aryl methyl sites for hydroxylation is 1. The predicted octanol–water partition coefficient (Wildman–Crippen LogP) is 1.87. The van der Waals surface area contributed by atoms with Crippen molar-refractivity contribution in [1.29, 1.82) is 0 Å². The Morgan fingerprint density at radius 1 is 1.55 bits per heavy atom. The molecular formula is C8H10ClNO. The van der Waals surface area contributed by atoms with Gasteiger partial charge in [0.05, 0.1) is 13.3 Å². The summed E-state index contributed by atoms with van der Waals surface area (Å²) in [7, 11) is 1.63. The van der Waals surface area contributed by atoms with Gasteiger partial charge in [-0.15, -0.1) is 11.6 Å². The molecular weight excluding hydrogens is 162 g/mol. The summed E-state index contributed by atoms with van der Waals surface area (Å²) >= 11 is 5.56. The van der Waals surface area contributed by atoms with Gasteiger partial charge in [0, 0.05) is 12.1 Å². The van der Waals surface area contributed by atoms with Crippen LogP contribution in [0.25, 0.3) is 0 Å². The molecule has 0 radical (unpaired) electrons. The maximum Gasteiger partial charge on any atom is 0.137 e. The van der Waals surface area contributed by atoms with Crippen molar-refractivity contribution in [2.24, 2.45) is 0 Å². The Morgan fingerprint density at radius 3 is 3.00 bits per heavy atom.